The largest absolute Gasteiger partial charge is 0.493 e. The number of nitrogens with zero attached hydrogens (tertiary/aromatic N) is 1. The van der Waals surface area contributed by atoms with Crippen molar-refractivity contribution in [2.75, 3.05) is 27.3 Å². The third kappa shape index (κ3) is 5.29. The van der Waals surface area contributed by atoms with Gasteiger partial charge in [0.1, 0.15) is 0 Å². The molecule has 1 amide bonds. The molecule has 0 saturated carbocycles. The number of carbonyl (C=O) groups is 1. The molecule has 0 unspecified atom stereocenters. The first-order chi connectivity index (χ1) is 10.1. The highest BCUT2D eigenvalue weighted by molar-refractivity contribution is 5.94. The van der Waals surface area contributed by atoms with Crippen LogP contribution < -0.4 is 9.47 Å². The molecule has 1 rings (SSSR count). The van der Waals surface area contributed by atoms with Gasteiger partial charge in [0, 0.05) is 19.2 Å². The molecule has 0 bridgehead atoms. The molecule has 0 fully saturated rings. The Hall–Kier alpha value is -1.71. The molecule has 0 N–H and O–H groups in total. The van der Waals surface area contributed by atoms with Crippen molar-refractivity contribution in [3.8, 4) is 11.5 Å². The molecule has 0 atom stereocenters. The number of benzene rings is 1. The summed E-state index contributed by atoms with van der Waals surface area (Å²) in [4.78, 5) is 13.8. The molecule has 0 radical (unpaired) electrons. The number of amides is 1. The standard InChI is InChI=1S/C17H27NO3/c1-5-7-8-9-12-21-15-11-10-14(13-16(15)20-4)17(19)18(3)6-2/h10-11,13H,5-9,12H2,1-4H3. The van der Waals surface area contributed by atoms with Gasteiger partial charge in [0.2, 0.25) is 0 Å². The van der Waals surface area contributed by atoms with Gasteiger partial charge in [0.05, 0.1) is 13.7 Å². The van der Waals surface area contributed by atoms with Gasteiger partial charge >= 0.3 is 0 Å². The van der Waals surface area contributed by atoms with E-state index in [0.717, 1.165) is 6.42 Å². The van der Waals surface area contributed by atoms with Crippen LogP contribution in [0.2, 0.25) is 0 Å². The summed E-state index contributed by atoms with van der Waals surface area (Å²) >= 11 is 0. The Morgan fingerprint density at radius 3 is 2.52 bits per heavy atom. The van der Waals surface area contributed by atoms with Gasteiger partial charge in [0.25, 0.3) is 5.91 Å². The lowest BCUT2D eigenvalue weighted by Gasteiger charge is -2.16. The van der Waals surface area contributed by atoms with E-state index in [1.54, 1.807) is 31.2 Å². The number of hydrogen-bond acceptors (Lipinski definition) is 3. The Balaban J connectivity index is 2.68. The monoisotopic (exact) mass is 293 g/mol. The van der Waals surface area contributed by atoms with Crippen molar-refractivity contribution in [3.63, 3.8) is 0 Å². The highest BCUT2D eigenvalue weighted by atomic mass is 16.5. The van der Waals surface area contributed by atoms with Crippen LogP contribution in [-0.4, -0.2) is 38.1 Å². The first-order valence-electron chi connectivity index (χ1n) is 7.70. The summed E-state index contributed by atoms with van der Waals surface area (Å²) < 4.78 is 11.1. The van der Waals surface area contributed by atoms with Crippen LogP contribution in [0.15, 0.2) is 18.2 Å². The van der Waals surface area contributed by atoms with Crippen LogP contribution in [0.1, 0.15) is 49.9 Å². The molecule has 0 aliphatic rings. The van der Waals surface area contributed by atoms with E-state index in [9.17, 15) is 4.79 Å². The van der Waals surface area contributed by atoms with Crippen LogP contribution in [-0.2, 0) is 0 Å². The van der Waals surface area contributed by atoms with Gasteiger partial charge < -0.3 is 14.4 Å². The van der Waals surface area contributed by atoms with Crippen LogP contribution in [0.25, 0.3) is 0 Å². The van der Waals surface area contributed by atoms with E-state index in [1.807, 2.05) is 13.0 Å². The Kier molecular flexibility index (Phi) is 7.65. The first kappa shape index (κ1) is 17.3. The van der Waals surface area contributed by atoms with Gasteiger partial charge in [-0.25, -0.2) is 0 Å². The predicted octanol–water partition coefficient (Wildman–Crippen LogP) is 3.75. The van der Waals surface area contributed by atoms with E-state index >= 15 is 0 Å². The smallest absolute Gasteiger partial charge is 0.253 e. The van der Waals surface area contributed by atoms with Gasteiger partial charge in [-0.2, -0.15) is 0 Å². The molecule has 0 saturated heterocycles. The average Bonchev–Trinajstić information content (AvgIpc) is 2.53. The number of hydrogen-bond donors (Lipinski definition) is 0. The van der Waals surface area contributed by atoms with E-state index in [0.29, 0.717) is 30.2 Å². The predicted molar refractivity (Wildman–Crippen MR) is 85.3 cm³/mol. The number of methoxy groups -OCH3 is 1. The van der Waals surface area contributed by atoms with Gasteiger partial charge in [-0.15, -0.1) is 0 Å². The van der Waals surface area contributed by atoms with E-state index in [2.05, 4.69) is 6.92 Å². The van der Waals surface area contributed by atoms with Crippen LogP contribution in [0, 0.1) is 0 Å². The third-order valence-corrected chi connectivity index (χ3v) is 3.49. The average molecular weight is 293 g/mol. The molecule has 4 heteroatoms. The molecular formula is C17H27NO3. The number of unbranched alkanes of at least 4 members (excludes halogenated alkanes) is 3. The highest BCUT2D eigenvalue weighted by Gasteiger charge is 2.13. The minimum absolute atomic E-state index is 0.00899. The Bertz CT molecular complexity index is 446. The zero-order valence-corrected chi connectivity index (χ0v) is 13.6. The summed E-state index contributed by atoms with van der Waals surface area (Å²) in [5, 5.41) is 0. The van der Waals surface area contributed by atoms with Gasteiger partial charge in [-0.1, -0.05) is 26.2 Å². The van der Waals surface area contributed by atoms with Crippen molar-refractivity contribution in [1.29, 1.82) is 0 Å². The zero-order valence-electron chi connectivity index (χ0n) is 13.6. The van der Waals surface area contributed by atoms with Crippen molar-refractivity contribution >= 4 is 5.91 Å². The minimum atomic E-state index is -0.00899. The van der Waals surface area contributed by atoms with Crippen molar-refractivity contribution in [3.05, 3.63) is 23.8 Å². The second-order valence-corrected chi connectivity index (χ2v) is 5.09. The summed E-state index contributed by atoms with van der Waals surface area (Å²) in [7, 11) is 3.38. The van der Waals surface area contributed by atoms with E-state index in [-0.39, 0.29) is 5.91 Å². The van der Waals surface area contributed by atoms with E-state index in [4.69, 9.17) is 9.47 Å². The maximum Gasteiger partial charge on any atom is 0.253 e. The molecule has 1 aromatic carbocycles. The number of carbonyl (C=O) groups excluding carboxylic acids is 1. The summed E-state index contributed by atoms with van der Waals surface area (Å²) in [6.07, 6.45) is 4.66. The lowest BCUT2D eigenvalue weighted by molar-refractivity contribution is 0.0802. The molecule has 1 aromatic rings. The Labute approximate surface area is 128 Å². The second-order valence-electron chi connectivity index (χ2n) is 5.09. The van der Waals surface area contributed by atoms with E-state index in [1.165, 1.54) is 19.3 Å². The maximum atomic E-state index is 12.1. The number of ether oxygens (including phenoxy) is 2. The molecule has 118 valence electrons. The van der Waals surface area contributed by atoms with Crippen LogP contribution >= 0.6 is 0 Å². The fraction of sp³-hybridized carbons (Fsp3) is 0.588. The van der Waals surface area contributed by atoms with Gasteiger partial charge in [0.15, 0.2) is 11.5 Å². The molecule has 21 heavy (non-hydrogen) atoms. The summed E-state index contributed by atoms with van der Waals surface area (Å²) in [6, 6.07) is 5.35. The van der Waals surface area contributed by atoms with Crippen LogP contribution in [0.5, 0.6) is 11.5 Å². The fourth-order valence-corrected chi connectivity index (χ4v) is 1.99. The minimum Gasteiger partial charge on any atom is -0.493 e. The molecule has 0 aromatic heterocycles. The molecule has 0 aliphatic heterocycles. The van der Waals surface area contributed by atoms with Crippen LogP contribution in [0.3, 0.4) is 0 Å². The number of rotatable bonds is 9. The maximum absolute atomic E-state index is 12.1. The molecule has 0 aliphatic carbocycles. The van der Waals surface area contributed by atoms with Crippen molar-refractivity contribution < 1.29 is 14.3 Å². The zero-order chi connectivity index (χ0) is 15.7. The van der Waals surface area contributed by atoms with Crippen LogP contribution in [0.4, 0.5) is 0 Å². The molecule has 4 nitrogen and oxygen atoms in total. The Morgan fingerprint density at radius 2 is 1.90 bits per heavy atom. The van der Waals surface area contributed by atoms with Gasteiger partial charge in [-0.3, -0.25) is 4.79 Å². The Morgan fingerprint density at radius 1 is 1.14 bits per heavy atom. The molecule has 0 spiro atoms. The lowest BCUT2D eigenvalue weighted by Crippen LogP contribution is -2.26. The molecule has 0 heterocycles. The van der Waals surface area contributed by atoms with Crippen molar-refractivity contribution in [2.24, 2.45) is 0 Å². The first-order valence-corrected chi connectivity index (χ1v) is 7.70. The topological polar surface area (TPSA) is 38.8 Å². The fourth-order valence-electron chi connectivity index (χ4n) is 1.99. The van der Waals surface area contributed by atoms with E-state index < -0.39 is 0 Å². The normalized spacial score (nSPS) is 10.3. The summed E-state index contributed by atoms with van der Waals surface area (Å²) in [5.74, 6) is 1.30. The summed E-state index contributed by atoms with van der Waals surface area (Å²) in [6.45, 7) is 5.49. The second kappa shape index (κ2) is 9.27. The van der Waals surface area contributed by atoms with Gasteiger partial charge in [-0.05, 0) is 31.5 Å². The molecular weight excluding hydrogens is 266 g/mol. The SMILES string of the molecule is CCCCCCOc1ccc(C(=O)N(C)CC)cc1OC. The highest BCUT2D eigenvalue weighted by Crippen LogP contribution is 2.28. The third-order valence-electron chi connectivity index (χ3n) is 3.49. The van der Waals surface area contributed by atoms with Crippen molar-refractivity contribution in [2.45, 2.75) is 39.5 Å². The van der Waals surface area contributed by atoms with Crippen molar-refractivity contribution in [1.82, 2.24) is 4.90 Å². The summed E-state index contributed by atoms with van der Waals surface area (Å²) in [5.41, 5.74) is 0.620. The lowest BCUT2D eigenvalue weighted by atomic mass is 10.1. The quantitative estimate of drug-likeness (QED) is 0.651.